The van der Waals surface area contributed by atoms with Gasteiger partial charge in [0, 0.05) is 6.42 Å². The number of aromatic carboxylic acids is 1. The maximum absolute atomic E-state index is 11.1. The van der Waals surface area contributed by atoms with Crippen molar-refractivity contribution in [2.24, 2.45) is 0 Å². The predicted molar refractivity (Wildman–Crippen MR) is 80.2 cm³/mol. The Morgan fingerprint density at radius 1 is 1.19 bits per heavy atom. The van der Waals surface area contributed by atoms with Gasteiger partial charge in [0.25, 0.3) is 0 Å². The molecule has 4 nitrogen and oxygen atoms in total. The van der Waals surface area contributed by atoms with E-state index in [9.17, 15) is 4.79 Å². The van der Waals surface area contributed by atoms with Crippen LogP contribution in [0, 0.1) is 0 Å². The maximum atomic E-state index is 11.1. The first-order chi connectivity index (χ1) is 10.0. The van der Waals surface area contributed by atoms with Crippen molar-refractivity contribution in [1.82, 2.24) is 4.98 Å². The van der Waals surface area contributed by atoms with Gasteiger partial charge in [0.05, 0.1) is 10.0 Å². The molecule has 0 bridgehead atoms. The van der Waals surface area contributed by atoms with Crippen LogP contribution in [0.4, 0.5) is 0 Å². The van der Waals surface area contributed by atoms with E-state index in [-0.39, 0.29) is 11.1 Å². The highest BCUT2D eigenvalue weighted by atomic mass is 35.5. The van der Waals surface area contributed by atoms with Crippen molar-refractivity contribution >= 4 is 40.3 Å². The highest BCUT2D eigenvalue weighted by Gasteiger charge is 2.15. The number of aromatic nitrogens is 1. The summed E-state index contributed by atoms with van der Waals surface area (Å²) >= 11 is 11.8. The van der Waals surface area contributed by atoms with E-state index >= 15 is 0 Å². The first-order valence-corrected chi connectivity index (χ1v) is 6.86. The molecule has 21 heavy (non-hydrogen) atoms. The van der Waals surface area contributed by atoms with Crippen LogP contribution in [-0.4, -0.2) is 16.1 Å². The Balaban J connectivity index is 1.99. The van der Waals surface area contributed by atoms with Crippen molar-refractivity contribution < 1.29 is 14.3 Å². The molecular formula is C15H9Cl2NO3. The fourth-order valence-electron chi connectivity index (χ4n) is 2.06. The number of para-hydroxylation sites is 1. The molecule has 3 aromatic rings. The summed E-state index contributed by atoms with van der Waals surface area (Å²) in [6.45, 7) is 0. The summed E-state index contributed by atoms with van der Waals surface area (Å²) in [5.74, 6) is -0.616. The lowest BCUT2D eigenvalue weighted by molar-refractivity contribution is 0.0698. The Labute approximate surface area is 129 Å². The van der Waals surface area contributed by atoms with E-state index < -0.39 is 5.97 Å². The lowest BCUT2D eigenvalue weighted by Crippen LogP contribution is -1.95. The molecule has 1 N–H and O–H groups in total. The van der Waals surface area contributed by atoms with Gasteiger partial charge in [-0.3, -0.25) is 0 Å². The minimum atomic E-state index is -1.04. The molecule has 0 atom stereocenters. The summed E-state index contributed by atoms with van der Waals surface area (Å²) in [5, 5.41) is 10.1. The van der Waals surface area contributed by atoms with Gasteiger partial charge in [-0.25, -0.2) is 9.78 Å². The van der Waals surface area contributed by atoms with Crippen molar-refractivity contribution in [2.45, 2.75) is 6.42 Å². The minimum Gasteiger partial charge on any atom is -0.478 e. The number of hydrogen-bond donors (Lipinski definition) is 1. The Morgan fingerprint density at radius 3 is 2.71 bits per heavy atom. The summed E-state index contributed by atoms with van der Waals surface area (Å²) in [4.78, 5) is 15.4. The summed E-state index contributed by atoms with van der Waals surface area (Å²) in [5.41, 5.74) is 1.78. The van der Waals surface area contributed by atoms with Crippen LogP contribution >= 0.6 is 23.2 Å². The third kappa shape index (κ3) is 2.73. The standard InChI is InChI=1S/C15H9Cl2NO3/c16-10-5-4-8(6-11(10)17)7-13-18-12-3-1-2-9(15(19)20)14(12)21-13/h1-6H,7H2,(H,19,20). The Kier molecular flexibility index (Phi) is 3.57. The van der Waals surface area contributed by atoms with E-state index in [1.54, 1.807) is 24.3 Å². The second-order valence-corrected chi connectivity index (χ2v) is 5.31. The highest BCUT2D eigenvalue weighted by molar-refractivity contribution is 6.42. The first kappa shape index (κ1) is 13.9. The molecule has 0 radical (unpaired) electrons. The molecule has 3 rings (SSSR count). The lowest BCUT2D eigenvalue weighted by atomic mass is 10.1. The first-order valence-electron chi connectivity index (χ1n) is 6.10. The van der Waals surface area contributed by atoms with Crippen LogP contribution in [-0.2, 0) is 6.42 Å². The van der Waals surface area contributed by atoms with E-state index in [1.165, 1.54) is 6.07 Å². The average Bonchev–Trinajstić information content (AvgIpc) is 2.84. The van der Waals surface area contributed by atoms with Crippen LogP contribution in [0.1, 0.15) is 21.8 Å². The molecule has 6 heteroatoms. The number of oxazole rings is 1. The molecular weight excluding hydrogens is 313 g/mol. The highest BCUT2D eigenvalue weighted by Crippen LogP contribution is 2.25. The quantitative estimate of drug-likeness (QED) is 0.775. The van der Waals surface area contributed by atoms with E-state index in [2.05, 4.69) is 4.98 Å². The Morgan fingerprint density at radius 2 is 2.00 bits per heavy atom. The molecule has 1 aromatic heterocycles. The molecule has 1 heterocycles. The largest absolute Gasteiger partial charge is 0.478 e. The SMILES string of the molecule is O=C(O)c1cccc2nc(Cc3ccc(Cl)c(Cl)c3)oc12. The molecule has 0 aliphatic carbocycles. The van der Waals surface area contributed by atoms with Crippen LogP contribution in [0.5, 0.6) is 0 Å². The number of carboxylic acids is 1. The summed E-state index contributed by atoms with van der Waals surface area (Å²) < 4.78 is 5.57. The van der Waals surface area contributed by atoms with Crippen molar-refractivity contribution in [3.8, 4) is 0 Å². The second-order valence-electron chi connectivity index (χ2n) is 4.49. The fourth-order valence-corrected chi connectivity index (χ4v) is 2.38. The molecule has 0 unspecified atom stereocenters. The molecule has 0 amide bonds. The zero-order chi connectivity index (χ0) is 15.0. The summed E-state index contributed by atoms with van der Waals surface area (Å²) in [6, 6.07) is 10.1. The molecule has 0 spiro atoms. The lowest BCUT2D eigenvalue weighted by Gasteiger charge is -2.00. The number of rotatable bonds is 3. The van der Waals surface area contributed by atoms with Gasteiger partial charge in [0.1, 0.15) is 11.1 Å². The van der Waals surface area contributed by atoms with Gasteiger partial charge in [-0.05, 0) is 29.8 Å². The second kappa shape index (κ2) is 5.39. The summed E-state index contributed by atoms with van der Waals surface area (Å²) in [7, 11) is 0. The monoisotopic (exact) mass is 321 g/mol. The minimum absolute atomic E-state index is 0.0976. The normalized spacial score (nSPS) is 11.0. The molecule has 2 aromatic carbocycles. The van der Waals surface area contributed by atoms with Gasteiger partial charge in [0.15, 0.2) is 11.5 Å². The Hall–Kier alpha value is -2.04. The van der Waals surface area contributed by atoms with Crippen molar-refractivity contribution in [3.63, 3.8) is 0 Å². The van der Waals surface area contributed by atoms with Gasteiger partial charge >= 0.3 is 5.97 Å². The Bertz CT molecular complexity index is 842. The fraction of sp³-hybridized carbons (Fsp3) is 0.0667. The molecule has 0 aliphatic heterocycles. The van der Waals surface area contributed by atoms with Crippen molar-refractivity contribution in [2.75, 3.05) is 0 Å². The maximum Gasteiger partial charge on any atom is 0.339 e. The summed E-state index contributed by atoms with van der Waals surface area (Å²) in [6.07, 6.45) is 0.407. The van der Waals surface area contributed by atoms with Crippen LogP contribution in [0.2, 0.25) is 10.0 Å². The van der Waals surface area contributed by atoms with E-state index in [0.717, 1.165) is 5.56 Å². The smallest absolute Gasteiger partial charge is 0.339 e. The van der Waals surface area contributed by atoms with Gasteiger partial charge in [-0.2, -0.15) is 0 Å². The number of hydrogen-bond acceptors (Lipinski definition) is 3. The van der Waals surface area contributed by atoms with Crippen LogP contribution in [0.3, 0.4) is 0 Å². The molecule has 106 valence electrons. The molecule has 0 saturated heterocycles. The number of halogens is 2. The van der Waals surface area contributed by atoms with E-state index in [1.807, 2.05) is 6.07 Å². The van der Waals surface area contributed by atoms with E-state index in [0.29, 0.717) is 27.9 Å². The number of benzene rings is 2. The van der Waals surface area contributed by atoms with Crippen LogP contribution in [0.15, 0.2) is 40.8 Å². The average molecular weight is 322 g/mol. The topological polar surface area (TPSA) is 63.3 Å². The van der Waals surface area contributed by atoms with E-state index in [4.69, 9.17) is 32.7 Å². The third-order valence-electron chi connectivity index (χ3n) is 3.03. The van der Waals surface area contributed by atoms with Gasteiger partial charge in [-0.1, -0.05) is 35.3 Å². The van der Waals surface area contributed by atoms with Crippen LogP contribution in [0.25, 0.3) is 11.1 Å². The van der Waals surface area contributed by atoms with Gasteiger partial charge in [0.2, 0.25) is 0 Å². The van der Waals surface area contributed by atoms with Crippen molar-refractivity contribution in [1.29, 1.82) is 0 Å². The molecule has 0 fully saturated rings. The number of nitrogens with zero attached hydrogens (tertiary/aromatic N) is 1. The number of carbonyl (C=O) groups is 1. The zero-order valence-corrected chi connectivity index (χ0v) is 12.1. The third-order valence-corrected chi connectivity index (χ3v) is 3.77. The zero-order valence-electron chi connectivity index (χ0n) is 10.6. The van der Waals surface area contributed by atoms with Crippen LogP contribution < -0.4 is 0 Å². The molecule has 0 aliphatic rings. The number of fused-ring (bicyclic) bond motifs is 1. The van der Waals surface area contributed by atoms with Crippen molar-refractivity contribution in [3.05, 3.63) is 63.5 Å². The van der Waals surface area contributed by atoms with Gasteiger partial charge < -0.3 is 9.52 Å². The number of carboxylic acid groups (broad SMARTS) is 1. The van der Waals surface area contributed by atoms with Gasteiger partial charge in [-0.15, -0.1) is 0 Å². The molecule has 0 saturated carbocycles. The predicted octanol–water partition coefficient (Wildman–Crippen LogP) is 4.42.